The van der Waals surface area contributed by atoms with Crippen LogP contribution in [0.25, 0.3) is 0 Å². The van der Waals surface area contributed by atoms with Gasteiger partial charge in [0.2, 0.25) is 5.91 Å². The zero-order valence-corrected chi connectivity index (χ0v) is 17.1. The molecule has 0 radical (unpaired) electrons. The second-order valence-corrected chi connectivity index (χ2v) is 7.04. The monoisotopic (exact) mass is 400 g/mol. The summed E-state index contributed by atoms with van der Waals surface area (Å²) in [5.74, 6) is -0.117. The molecule has 152 valence electrons. The summed E-state index contributed by atoms with van der Waals surface area (Å²) in [6.45, 7) is 6.61. The van der Waals surface area contributed by atoms with Gasteiger partial charge >= 0.3 is 5.97 Å². The van der Waals surface area contributed by atoms with Crippen molar-refractivity contribution in [2.75, 3.05) is 20.3 Å². The van der Waals surface area contributed by atoms with Crippen LogP contribution in [0.3, 0.4) is 0 Å². The number of carbonyl (C=O) groups excluding carboxylic acids is 2. The first kappa shape index (κ1) is 23.2. The van der Waals surface area contributed by atoms with E-state index in [4.69, 9.17) is 15.2 Å². The number of benzene rings is 1. The van der Waals surface area contributed by atoms with Crippen LogP contribution in [0.4, 0.5) is 0 Å². The van der Waals surface area contributed by atoms with E-state index in [0.717, 1.165) is 5.56 Å². The van der Waals surface area contributed by atoms with Crippen molar-refractivity contribution in [1.29, 1.82) is 0 Å². The molecule has 3 N–H and O–H groups in total. The third-order valence-electron chi connectivity index (χ3n) is 5.17. The first-order valence-corrected chi connectivity index (χ1v) is 8.72. The van der Waals surface area contributed by atoms with Gasteiger partial charge in [0.05, 0.1) is 13.2 Å². The van der Waals surface area contributed by atoms with Crippen LogP contribution in [-0.4, -0.2) is 43.8 Å². The molecule has 1 aliphatic rings. The number of halogens is 1. The average Bonchev–Trinajstić information content (AvgIpc) is 2.64. The Labute approximate surface area is 166 Å². The summed E-state index contributed by atoms with van der Waals surface area (Å²) in [5, 5.41) is 2.90. The lowest BCUT2D eigenvalue weighted by Crippen LogP contribution is -2.75. The molecular weight excluding hydrogens is 372 g/mol. The molecule has 1 aromatic rings. The third-order valence-corrected chi connectivity index (χ3v) is 5.17. The molecule has 0 saturated heterocycles. The van der Waals surface area contributed by atoms with E-state index in [0.29, 0.717) is 25.3 Å². The van der Waals surface area contributed by atoms with Crippen LogP contribution in [0.1, 0.15) is 32.8 Å². The number of hydrogen-bond acceptors (Lipinski definition) is 6. The highest BCUT2D eigenvalue weighted by molar-refractivity contribution is 5.88. The number of carbonyl (C=O) groups is 2. The number of hydrogen-bond donors (Lipinski definition) is 2. The molecule has 2 unspecified atom stereocenters. The molecule has 1 saturated carbocycles. The van der Waals surface area contributed by atoms with Crippen molar-refractivity contribution in [3.63, 3.8) is 0 Å². The van der Waals surface area contributed by atoms with Crippen LogP contribution < -0.4 is 15.8 Å². The SMILES string of the molecule is CCOC1CC(N)(C(=O)NCc2cccc(OCC(=O)OC)c2)C1(C)C.Cl. The lowest BCUT2D eigenvalue weighted by molar-refractivity contribution is -0.170. The van der Waals surface area contributed by atoms with Gasteiger partial charge < -0.3 is 25.3 Å². The number of nitrogens with two attached hydrogens (primary N) is 1. The summed E-state index contributed by atoms with van der Waals surface area (Å²) in [6, 6.07) is 7.16. The van der Waals surface area contributed by atoms with Gasteiger partial charge in [-0.05, 0) is 24.6 Å². The van der Waals surface area contributed by atoms with E-state index in [1.165, 1.54) is 7.11 Å². The Morgan fingerprint density at radius 1 is 1.33 bits per heavy atom. The lowest BCUT2D eigenvalue weighted by Gasteiger charge is -2.57. The van der Waals surface area contributed by atoms with Crippen LogP contribution in [-0.2, 0) is 25.6 Å². The molecule has 0 spiro atoms. The molecule has 1 aromatic carbocycles. The zero-order valence-electron chi connectivity index (χ0n) is 16.2. The van der Waals surface area contributed by atoms with Gasteiger partial charge in [-0.1, -0.05) is 26.0 Å². The van der Waals surface area contributed by atoms with E-state index in [2.05, 4.69) is 10.1 Å². The van der Waals surface area contributed by atoms with Gasteiger partial charge in [0.15, 0.2) is 6.61 Å². The smallest absolute Gasteiger partial charge is 0.343 e. The molecule has 2 rings (SSSR count). The van der Waals surface area contributed by atoms with Gasteiger partial charge in [-0.2, -0.15) is 0 Å². The van der Waals surface area contributed by atoms with Crippen molar-refractivity contribution in [3.05, 3.63) is 29.8 Å². The van der Waals surface area contributed by atoms with Crippen LogP contribution in [0.2, 0.25) is 0 Å². The highest BCUT2D eigenvalue weighted by Gasteiger charge is 2.62. The van der Waals surface area contributed by atoms with Crippen molar-refractivity contribution in [2.45, 2.75) is 45.4 Å². The van der Waals surface area contributed by atoms with Gasteiger partial charge in [0.1, 0.15) is 11.3 Å². The Morgan fingerprint density at radius 3 is 2.63 bits per heavy atom. The van der Waals surface area contributed by atoms with Crippen LogP contribution in [0, 0.1) is 5.41 Å². The summed E-state index contributed by atoms with van der Waals surface area (Å²) < 4.78 is 15.5. The van der Waals surface area contributed by atoms with Crippen LogP contribution >= 0.6 is 12.4 Å². The van der Waals surface area contributed by atoms with Crippen molar-refractivity contribution in [3.8, 4) is 5.75 Å². The van der Waals surface area contributed by atoms with Crippen LogP contribution in [0.15, 0.2) is 24.3 Å². The molecular formula is C19H29ClN2O5. The first-order chi connectivity index (χ1) is 12.2. The number of ether oxygens (including phenoxy) is 3. The molecule has 1 aliphatic carbocycles. The summed E-state index contributed by atoms with van der Waals surface area (Å²) in [6.07, 6.45) is 0.486. The molecule has 1 fully saturated rings. The second kappa shape index (κ2) is 9.39. The molecule has 1 amide bonds. The Kier molecular flexibility index (Phi) is 8.07. The van der Waals surface area contributed by atoms with E-state index >= 15 is 0 Å². The van der Waals surface area contributed by atoms with E-state index in [-0.39, 0.29) is 31.0 Å². The van der Waals surface area contributed by atoms with Crippen LogP contribution in [0.5, 0.6) is 5.75 Å². The minimum absolute atomic E-state index is 0. The number of esters is 1. The Balaban J connectivity index is 0.00000364. The Hall–Kier alpha value is -1.83. The molecule has 2 atom stereocenters. The molecule has 0 bridgehead atoms. The summed E-state index contributed by atoms with van der Waals surface area (Å²) in [7, 11) is 1.30. The number of rotatable bonds is 8. The molecule has 0 aromatic heterocycles. The van der Waals surface area contributed by atoms with Crippen molar-refractivity contribution in [1.82, 2.24) is 5.32 Å². The average molecular weight is 401 g/mol. The predicted octanol–water partition coefficient (Wildman–Crippen LogP) is 1.81. The molecule has 0 heterocycles. The van der Waals surface area contributed by atoms with E-state index < -0.39 is 16.9 Å². The second-order valence-electron chi connectivity index (χ2n) is 7.04. The summed E-state index contributed by atoms with van der Waals surface area (Å²) in [4.78, 5) is 23.8. The molecule has 7 nitrogen and oxygen atoms in total. The van der Waals surface area contributed by atoms with Crippen molar-refractivity contribution < 1.29 is 23.8 Å². The fourth-order valence-corrected chi connectivity index (χ4v) is 3.11. The maximum Gasteiger partial charge on any atom is 0.343 e. The van der Waals surface area contributed by atoms with Gasteiger partial charge in [0.25, 0.3) is 0 Å². The fraction of sp³-hybridized carbons (Fsp3) is 0.579. The zero-order chi connectivity index (χ0) is 19.4. The maximum atomic E-state index is 12.6. The van der Waals surface area contributed by atoms with Crippen molar-refractivity contribution >= 4 is 24.3 Å². The Bertz CT molecular complexity index is 667. The van der Waals surface area contributed by atoms with E-state index in [1.54, 1.807) is 18.2 Å². The maximum absolute atomic E-state index is 12.6. The highest BCUT2D eigenvalue weighted by Crippen LogP contribution is 2.49. The standard InChI is InChI=1S/C19H28N2O5.ClH/c1-5-25-15-10-19(20,18(15,2)3)17(23)21-11-13-7-6-8-14(9-13)26-12-16(22)24-4;/h6-9,15H,5,10-12,20H2,1-4H3,(H,21,23);1H. The first-order valence-electron chi connectivity index (χ1n) is 8.72. The summed E-state index contributed by atoms with van der Waals surface area (Å²) in [5.41, 5.74) is 5.83. The normalized spacial score (nSPS) is 22.8. The van der Waals surface area contributed by atoms with E-state index in [9.17, 15) is 9.59 Å². The van der Waals surface area contributed by atoms with Gasteiger partial charge in [-0.25, -0.2) is 4.79 Å². The lowest BCUT2D eigenvalue weighted by atomic mass is 9.54. The minimum Gasteiger partial charge on any atom is -0.482 e. The number of amides is 1. The largest absolute Gasteiger partial charge is 0.482 e. The molecule has 27 heavy (non-hydrogen) atoms. The van der Waals surface area contributed by atoms with E-state index in [1.807, 2.05) is 26.8 Å². The summed E-state index contributed by atoms with van der Waals surface area (Å²) >= 11 is 0. The molecule has 0 aliphatic heterocycles. The topological polar surface area (TPSA) is 99.9 Å². The quantitative estimate of drug-likeness (QED) is 0.645. The predicted molar refractivity (Wildman–Crippen MR) is 104 cm³/mol. The van der Waals surface area contributed by atoms with Gasteiger partial charge in [-0.15, -0.1) is 12.4 Å². The van der Waals surface area contributed by atoms with Gasteiger partial charge in [-0.3, -0.25) is 4.79 Å². The number of methoxy groups -OCH3 is 1. The van der Waals surface area contributed by atoms with Gasteiger partial charge in [0, 0.05) is 25.0 Å². The third kappa shape index (κ3) is 4.91. The molecule has 8 heteroatoms. The van der Waals surface area contributed by atoms with Crippen molar-refractivity contribution in [2.24, 2.45) is 11.1 Å². The highest BCUT2D eigenvalue weighted by atomic mass is 35.5. The Morgan fingerprint density at radius 2 is 2.04 bits per heavy atom. The number of nitrogens with one attached hydrogen (secondary N) is 1. The fourth-order valence-electron chi connectivity index (χ4n) is 3.11. The minimum atomic E-state index is -0.953.